The van der Waals surface area contributed by atoms with Crippen LogP contribution in [-0.2, 0) is 6.18 Å². The standard InChI is InChI=1S/C27H23F3N4OS/c1-16-14-20(17(2)33(16)19-9-7-8-18(15-19)27(28,29)30)25-24(21-10-5-6-13-31-21)32-26(36)34(25)22-11-3-4-12-23(22)35/h3-15,24-25,35H,1-2H3,(H,32,36)/t24-,25-/m0/s1. The number of para-hydroxylation sites is 2. The maximum absolute atomic E-state index is 13.4. The Morgan fingerprint density at radius 1 is 0.972 bits per heavy atom. The number of pyridine rings is 1. The lowest BCUT2D eigenvalue weighted by molar-refractivity contribution is -0.137. The van der Waals surface area contributed by atoms with Gasteiger partial charge in [0.05, 0.1) is 29.0 Å². The van der Waals surface area contributed by atoms with Crippen molar-refractivity contribution >= 4 is 23.0 Å². The number of phenolic OH excluding ortho intramolecular Hbond substituents is 1. The van der Waals surface area contributed by atoms with Gasteiger partial charge in [-0.05, 0) is 80.2 Å². The Bertz CT molecular complexity index is 1430. The van der Waals surface area contributed by atoms with Crippen LogP contribution in [-0.4, -0.2) is 19.8 Å². The molecule has 5 rings (SSSR count). The first-order chi connectivity index (χ1) is 17.2. The first-order valence-corrected chi connectivity index (χ1v) is 11.7. The second-order valence-corrected chi connectivity index (χ2v) is 9.08. The van der Waals surface area contributed by atoms with Crippen molar-refractivity contribution in [3.05, 3.63) is 107 Å². The summed E-state index contributed by atoms with van der Waals surface area (Å²) in [6, 6.07) is 19.0. The number of phenols is 1. The Labute approximate surface area is 211 Å². The zero-order valence-corrected chi connectivity index (χ0v) is 20.3. The zero-order chi connectivity index (χ0) is 25.6. The van der Waals surface area contributed by atoms with Crippen LogP contribution in [0.25, 0.3) is 5.69 Å². The minimum Gasteiger partial charge on any atom is -0.506 e. The molecule has 5 nitrogen and oxygen atoms in total. The molecule has 184 valence electrons. The van der Waals surface area contributed by atoms with Gasteiger partial charge in [-0.25, -0.2) is 0 Å². The van der Waals surface area contributed by atoms with E-state index >= 15 is 0 Å². The molecular formula is C27H23F3N4OS. The highest BCUT2D eigenvalue weighted by atomic mass is 32.1. The number of benzene rings is 2. The molecular weight excluding hydrogens is 485 g/mol. The smallest absolute Gasteiger partial charge is 0.416 e. The Balaban J connectivity index is 1.69. The van der Waals surface area contributed by atoms with Gasteiger partial charge in [0.25, 0.3) is 0 Å². The molecule has 0 saturated carbocycles. The number of nitrogens with one attached hydrogen (secondary N) is 1. The quantitative estimate of drug-likeness (QED) is 0.313. The number of hydrogen-bond acceptors (Lipinski definition) is 3. The number of anilines is 1. The van der Waals surface area contributed by atoms with Crippen molar-refractivity contribution in [3.63, 3.8) is 0 Å². The monoisotopic (exact) mass is 508 g/mol. The van der Waals surface area contributed by atoms with Crippen molar-refractivity contribution in [2.75, 3.05) is 4.90 Å². The first kappa shape index (κ1) is 23.9. The first-order valence-electron chi connectivity index (χ1n) is 11.3. The molecule has 4 aromatic rings. The van der Waals surface area contributed by atoms with Crippen molar-refractivity contribution in [3.8, 4) is 11.4 Å². The van der Waals surface area contributed by atoms with E-state index in [1.165, 1.54) is 6.07 Å². The fourth-order valence-electron chi connectivity index (χ4n) is 4.90. The minimum atomic E-state index is -4.44. The number of thiocarbonyl (C=S) groups is 1. The molecule has 36 heavy (non-hydrogen) atoms. The number of aryl methyl sites for hydroxylation is 1. The summed E-state index contributed by atoms with van der Waals surface area (Å²) < 4.78 is 42.1. The second-order valence-electron chi connectivity index (χ2n) is 8.70. The minimum absolute atomic E-state index is 0.0695. The molecule has 2 aromatic carbocycles. The average molecular weight is 509 g/mol. The van der Waals surface area contributed by atoms with Crippen molar-refractivity contribution in [1.82, 2.24) is 14.9 Å². The average Bonchev–Trinajstić information content (AvgIpc) is 3.34. The van der Waals surface area contributed by atoms with Gasteiger partial charge >= 0.3 is 6.18 Å². The molecule has 3 heterocycles. The van der Waals surface area contributed by atoms with E-state index in [0.717, 1.165) is 34.8 Å². The molecule has 0 unspecified atom stereocenters. The molecule has 1 aliphatic rings. The highest BCUT2D eigenvalue weighted by Gasteiger charge is 2.43. The Morgan fingerprint density at radius 2 is 1.72 bits per heavy atom. The maximum Gasteiger partial charge on any atom is 0.416 e. The number of rotatable bonds is 4. The number of nitrogens with zero attached hydrogens (tertiary/aromatic N) is 3. The SMILES string of the molecule is Cc1cc([C@H]2[C@H](c3ccccn3)NC(=S)N2c2ccccc2O)c(C)n1-c1cccc(C(F)(F)F)c1. The largest absolute Gasteiger partial charge is 0.506 e. The van der Waals surface area contributed by atoms with E-state index in [-0.39, 0.29) is 11.8 Å². The molecule has 0 spiro atoms. The molecule has 0 bridgehead atoms. The van der Waals surface area contributed by atoms with Gasteiger partial charge in [0, 0.05) is 23.3 Å². The van der Waals surface area contributed by atoms with E-state index < -0.39 is 17.8 Å². The van der Waals surface area contributed by atoms with Crippen LogP contribution in [0.3, 0.4) is 0 Å². The third kappa shape index (κ3) is 4.09. The third-order valence-electron chi connectivity index (χ3n) is 6.46. The van der Waals surface area contributed by atoms with Crippen molar-refractivity contribution in [1.29, 1.82) is 0 Å². The molecule has 1 aliphatic heterocycles. The molecule has 1 saturated heterocycles. The topological polar surface area (TPSA) is 53.3 Å². The normalized spacial score (nSPS) is 17.9. The van der Waals surface area contributed by atoms with Crippen molar-refractivity contribution in [2.45, 2.75) is 32.1 Å². The van der Waals surface area contributed by atoms with Crippen LogP contribution in [0.2, 0.25) is 0 Å². The lowest BCUT2D eigenvalue weighted by atomic mass is 9.96. The van der Waals surface area contributed by atoms with Gasteiger partial charge in [-0.3, -0.25) is 4.98 Å². The van der Waals surface area contributed by atoms with Gasteiger partial charge in [0.1, 0.15) is 5.75 Å². The van der Waals surface area contributed by atoms with Gasteiger partial charge in [0.15, 0.2) is 5.11 Å². The van der Waals surface area contributed by atoms with Crippen LogP contribution in [0.5, 0.6) is 5.75 Å². The Kier molecular flexibility index (Phi) is 5.96. The fraction of sp³-hybridized carbons (Fsp3) is 0.185. The molecule has 2 atom stereocenters. The number of halogens is 3. The van der Waals surface area contributed by atoms with Crippen LogP contribution >= 0.6 is 12.2 Å². The van der Waals surface area contributed by atoms with Gasteiger partial charge in [-0.1, -0.05) is 24.3 Å². The van der Waals surface area contributed by atoms with Crippen LogP contribution in [0.4, 0.5) is 18.9 Å². The van der Waals surface area contributed by atoms with Gasteiger partial charge in [-0.2, -0.15) is 13.2 Å². The highest BCUT2D eigenvalue weighted by Crippen LogP contribution is 2.46. The summed E-state index contributed by atoms with van der Waals surface area (Å²) in [5.41, 5.74) is 3.40. The fourth-order valence-corrected chi connectivity index (χ4v) is 5.24. The van der Waals surface area contributed by atoms with E-state index in [1.807, 2.05) is 53.6 Å². The second kappa shape index (κ2) is 8.98. The summed E-state index contributed by atoms with van der Waals surface area (Å²) in [4.78, 5) is 6.38. The summed E-state index contributed by atoms with van der Waals surface area (Å²) in [5, 5.41) is 14.4. The number of aromatic nitrogens is 2. The van der Waals surface area contributed by atoms with Crippen molar-refractivity contribution in [2.24, 2.45) is 0 Å². The van der Waals surface area contributed by atoms with E-state index in [2.05, 4.69) is 10.3 Å². The van der Waals surface area contributed by atoms with E-state index in [9.17, 15) is 18.3 Å². The summed E-state index contributed by atoms with van der Waals surface area (Å²) in [5.74, 6) is 0.0695. The Hall–Kier alpha value is -3.85. The third-order valence-corrected chi connectivity index (χ3v) is 6.77. The highest BCUT2D eigenvalue weighted by molar-refractivity contribution is 7.80. The van der Waals surface area contributed by atoms with E-state index in [0.29, 0.717) is 16.5 Å². The van der Waals surface area contributed by atoms with Crippen molar-refractivity contribution < 1.29 is 18.3 Å². The maximum atomic E-state index is 13.4. The lowest BCUT2D eigenvalue weighted by Crippen LogP contribution is -2.29. The van der Waals surface area contributed by atoms with Crippen LogP contribution in [0.15, 0.2) is 79.0 Å². The molecule has 9 heteroatoms. The molecule has 2 aromatic heterocycles. The Morgan fingerprint density at radius 3 is 2.42 bits per heavy atom. The summed E-state index contributed by atoms with van der Waals surface area (Å²) >= 11 is 5.71. The molecule has 0 radical (unpaired) electrons. The summed E-state index contributed by atoms with van der Waals surface area (Å²) in [6.07, 6.45) is -2.74. The van der Waals surface area contributed by atoms with Gasteiger partial charge < -0.3 is 19.9 Å². The predicted octanol–water partition coefficient (Wildman–Crippen LogP) is 6.39. The number of alkyl halides is 3. The molecule has 2 N–H and O–H groups in total. The number of hydrogen-bond donors (Lipinski definition) is 2. The van der Waals surface area contributed by atoms with Crippen LogP contribution in [0, 0.1) is 13.8 Å². The molecule has 1 fully saturated rings. The predicted molar refractivity (Wildman–Crippen MR) is 136 cm³/mol. The molecule has 0 aliphatic carbocycles. The summed E-state index contributed by atoms with van der Waals surface area (Å²) in [7, 11) is 0. The van der Waals surface area contributed by atoms with E-state index in [4.69, 9.17) is 12.2 Å². The van der Waals surface area contributed by atoms with Crippen LogP contribution in [0.1, 0.15) is 40.3 Å². The van der Waals surface area contributed by atoms with E-state index in [1.54, 1.807) is 30.5 Å². The van der Waals surface area contributed by atoms with Crippen LogP contribution < -0.4 is 10.2 Å². The molecule has 0 amide bonds. The lowest BCUT2D eigenvalue weighted by Gasteiger charge is -2.28. The van der Waals surface area contributed by atoms with Gasteiger partial charge in [0.2, 0.25) is 0 Å². The van der Waals surface area contributed by atoms with Gasteiger partial charge in [-0.15, -0.1) is 0 Å². The zero-order valence-electron chi connectivity index (χ0n) is 19.5. The number of aromatic hydroxyl groups is 1. The summed E-state index contributed by atoms with van der Waals surface area (Å²) in [6.45, 7) is 3.74.